The molecule has 0 unspecified atom stereocenters. The Labute approximate surface area is 238 Å². The Hall–Kier alpha value is -4.28. The largest absolute Gasteiger partial charge is 0.488 e. The summed E-state index contributed by atoms with van der Waals surface area (Å²) in [4.78, 5) is 36.5. The van der Waals surface area contributed by atoms with E-state index in [9.17, 15) is 22.8 Å². The summed E-state index contributed by atoms with van der Waals surface area (Å²) in [6.45, 7) is 7.35. The molecule has 0 aliphatic carbocycles. The van der Waals surface area contributed by atoms with Crippen LogP contribution in [0.1, 0.15) is 29.2 Å². The van der Waals surface area contributed by atoms with Crippen LogP contribution >= 0.6 is 0 Å². The lowest BCUT2D eigenvalue weighted by molar-refractivity contribution is -0.142. The van der Waals surface area contributed by atoms with Gasteiger partial charge in [-0.25, -0.2) is 8.42 Å². The van der Waals surface area contributed by atoms with E-state index in [1.807, 2.05) is 49.4 Å². The molecular formula is C31H32N2O7S. The standard InChI is InChI=1S/C31H32N2O7S/c1-6-40-29-26(27(34)28(29)35)32-24-9-7-8-23(17-24)22-12-10-21(11-13-22)16-25(31(36)39-5)33-41(37,38)30-19(3)14-18(2)15-20(30)4/h7-15,17,25,32-33H,6,16H2,1-5H3/t25-/m0/s1. The minimum atomic E-state index is -4.01. The molecule has 41 heavy (non-hydrogen) atoms. The van der Waals surface area contributed by atoms with Gasteiger partial charge in [-0.2, -0.15) is 4.72 Å². The van der Waals surface area contributed by atoms with Gasteiger partial charge < -0.3 is 14.8 Å². The first-order valence-electron chi connectivity index (χ1n) is 13.1. The maximum atomic E-state index is 13.3. The van der Waals surface area contributed by atoms with E-state index >= 15 is 0 Å². The number of hydrogen-bond acceptors (Lipinski definition) is 8. The van der Waals surface area contributed by atoms with Crippen molar-refractivity contribution in [3.05, 3.63) is 103 Å². The van der Waals surface area contributed by atoms with Gasteiger partial charge in [-0.3, -0.25) is 14.4 Å². The van der Waals surface area contributed by atoms with Crippen LogP contribution in [0.25, 0.3) is 11.1 Å². The lowest BCUT2D eigenvalue weighted by Crippen LogP contribution is -2.43. The van der Waals surface area contributed by atoms with Gasteiger partial charge in [0.2, 0.25) is 10.0 Å². The van der Waals surface area contributed by atoms with E-state index in [1.54, 1.807) is 39.0 Å². The van der Waals surface area contributed by atoms with Crippen LogP contribution in [-0.2, 0) is 26.0 Å². The molecule has 4 rings (SSSR count). The van der Waals surface area contributed by atoms with E-state index in [-0.39, 0.29) is 29.4 Å². The van der Waals surface area contributed by atoms with E-state index in [4.69, 9.17) is 9.47 Å². The van der Waals surface area contributed by atoms with Gasteiger partial charge in [-0.15, -0.1) is 0 Å². The van der Waals surface area contributed by atoms with E-state index in [0.717, 1.165) is 22.3 Å². The van der Waals surface area contributed by atoms with Gasteiger partial charge >= 0.3 is 5.97 Å². The Morgan fingerprint density at radius 1 is 0.902 bits per heavy atom. The molecule has 0 radical (unpaired) electrons. The second-order valence-corrected chi connectivity index (χ2v) is 11.5. The normalized spacial score (nSPS) is 12.2. The fourth-order valence-corrected chi connectivity index (χ4v) is 6.55. The van der Waals surface area contributed by atoms with E-state index in [2.05, 4.69) is 10.0 Å². The average molecular weight is 577 g/mol. The molecule has 0 saturated heterocycles. The van der Waals surface area contributed by atoms with Crippen molar-refractivity contribution in [2.75, 3.05) is 19.0 Å². The predicted molar refractivity (Wildman–Crippen MR) is 158 cm³/mol. The average Bonchev–Trinajstić information content (AvgIpc) is 2.93. The topological polar surface area (TPSA) is 128 Å². The molecule has 0 spiro atoms. The Bertz CT molecular complexity index is 1750. The molecule has 214 valence electrons. The first-order valence-corrected chi connectivity index (χ1v) is 14.5. The second kappa shape index (κ2) is 12.1. The third kappa shape index (κ3) is 6.39. The number of anilines is 2. The molecule has 10 heteroatoms. The van der Waals surface area contributed by atoms with Crippen molar-refractivity contribution < 1.29 is 22.7 Å². The van der Waals surface area contributed by atoms with Crippen molar-refractivity contribution >= 4 is 27.4 Å². The van der Waals surface area contributed by atoms with E-state index in [0.29, 0.717) is 16.8 Å². The van der Waals surface area contributed by atoms with Gasteiger partial charge in [0.1, 0.15) is 11.7 Å². The number of aryl methyl sites for hydroxylation is 3. The SMILES string of the molecule is CCOc1c(Nc2cccc(-c3ccc(C[C@H](NS(=O)(=O)c4c(C)cc(C)cc4C)C(=O)OC)cc3)c2)c(=O)c1=O. The number of sulfonamides is 1. The summed E-state index contributed by atoms with van der Waals surface area (Å²) in [6.07, 6.45) is 0.0856. The summed E-state index contributed by atoms with van der Waals surface area (Å²) < 4.78 is 39.3. The number of nitrogens with one attached hydrogen (secondary N) is 2. The molecule has 0 saturated carbocycles. The molecule has 1 atom stereocenters. The second-order valence-electron chi connectivity index (χ2n) is 9.83. The molecule has 2 N–H and O–H groups in total. The smallest absolute Gasteiger partial charge is 0.324 e. The number of esters is 1. The number of benzene rings is 3. The zero-order valence-electron chi connectivity index (χ0n) is 23.5. The highest BCUT2D eigenvalue weighted by molar-refractivity contribution is 7.89. The predicted octanol–water partition coefficient (Wildman–Crippen LogP) is 4.08. The lowest BCUT2D eigenvalue weighted by atomic mass is 10.0. The Morgan fingerprint density at radius 2 is 1.56 bits per heavy atom. The zero-order valence-corrected chi connectivity index (χ0v) is 24.3. The molecule has 9 nitrogen and oxygen atoms in total. The van der Waals surface area contributed by atoms with Gasteiger partial charge in [-0.1, -0.05) is 54.1 Å². The highest BCUT2D eigenvalue weighted by Gasteiger charge is 2.29. The molecule has 0 heterocycles. The third-order valence-electron chi connectivity index (χ3n) is 6.67. The first kappa shape index (κ1) is 29.7. The third-order valence-corrected chi connectivity index (χ3v) is 8.45. The maximum absolute atomic E-state index is 13.3. The van der Waals surface area contributed by atoms with E-state index < -0.39 is 32.9 Å². The number of carbonyl (C=O) groups is 1. The maximum Gasteiger partial charge on any atom is 0.324 e. The highest BCUT2D eigenvalue weighted by Crippen LogP contribution is 2.28. The van der Waals surface area contributed by atoms with Gasteiger partial charge in [0.15, 0.2) is 5.75 Å². The molecule has 0 aliphatic heterocycles. The van der Waals surface area contributed by atoms with Crippen molar-refractivity contribution in [1.29, 1.82) is 0 Å². The zero-order chi connectivity index (χ0) is 29.9. The summed E-state index contributed by atoms with van der Waals surface area (Å²) in [5.41, 5.74) is 4.05. The summed E-state index contributed by atoms with van der Waals surface area (Å²) in [6, 6.07) is 17.1. The molecule has 0 bridgehead atoms. The quantitative estimate of drug-likeness (QED) is 0.202. The molecule has 4 aromatic carbocycles. The molecule has 0 aliphatic rings. The molecule has 0 amide bonds. The lowest BCUT2D eigenvalue weighted by Gasteiger charge is -2.19. The van der Waals surface area contributed by atoms with Gasteiger partial charge in [0.05, 0.1) is 18.6 Å². The van der Waals surface area contributed by atoms with Crippen molar-refractivity contribution in [3.8, 4) is 16.9 Å². The van der Waals surface area contributed by atoms with Gasteiger partial charge in [0, 0.05) is 5.69 Å². The van der Waals surface area contributed by atoms with Gasteiger partial charge in [-0.05, 0) is 74.1 Å². The van der Waals surface area contributed by atoms with Crippen LogP contribution in [0.3, 0.4) is 0 Å². The minimum absolute atomic E-state index is 0.0377. The van der Waals surface area contributed by atoms with Crippen LogP contribution in [0.5, 0.6) is 5.75 Å². The van der Waals surface area contributed by atoms with Gasteiger partial charge in [0.25, 0.3) is 10.9 Å². The van der Waals surface area contributed by atoms with Crippen molar-refractivity contribution in [2.45, 2.75) is 45.1 Å². The van der Waals surface area contributed by atoms with Crippen molar-refractivity contribution in [2.24, 2.45) is 0 Å². The summed E-state index contributed by atoms with van der Waals surface area (Å²) in [7, 11) is -2.79. The number of rotatable bonds is 11. The Morgan fingerprint density at radius 3 is 2.17 bits per heavy atom. The minimum Gasteiger partial charge on any atom is -0.488 e. The summed E-state index contributed by atoms with van der Waals surface area (Å²) in [5.74, 6) is -0.653. The van der Waals surface area contributed by atoms with E-state index in [1.165, 1.54) is 7.11 Å². The monoisotopic (exact) mass is 576 g/mol. The highest BCUT2D eigenvalue weighted by atomic mass is 32.2. The summed E-state index contributed by atoms with van der Waals surface area (Å²) in [5, 5.41) is 2.97. The Balaban J connectivity index is 1.53. The van der Waals surface area contributed by atoms with Crippen LogP contribution in [0, 0.1) is 20.8 Å². The number of methoxy groups -OCH3 is 1. The Kier molecular flexibility index (Phi) is 8.74. The fraction of sp³-hybridized carbons (Fsp3) is 0.258. The van der Waals surface area contributed by atoms with Crippen LogP contribution in [-0.4, -0.2) is 34.1 Å². The van der Waals surface area contributed by atoms with Crippen molar-refractivity contribution in [1.82, 2.24) is 4.72 Å². The van der Waals surface area contributed by atoms with Crippen molar-refractivity contribution in [3.63, 3.8) is 0 Å². The molecular weight excluding hydrogens is 544 g/mol. The van der Waals surface area contributed by atoms with Crippen LogP contribution < -0.4 is 25.6 Å². The summed E-state index contributed by atoms with van der Waals surface area (Å²) >= 11 is 0. The first-order chi connectivity index (χ1) is 19.4. The number of hydrogen-bond donors (Lipinski definition) is 2. The van der Waals surface area contributed by atoms with Crippen LogP contribution in [0.4, 0.5) is 11.4 Å². The van der Waals surface area contributed by atoms with Crippen LogP contribution in [0.2, 0.25) is 0 Å². The molecule has 0 fully saturated rings. The van der Waals surface area contributed by atoms with Crippen LogP contribution in [0.15, 0.2) is 75.1 Å². The molecule has 0 aromatic heterocycles. The molecule has 4 aromatic rings. The number of carbonyl (C=O) groups excluding carboxylic acids is 1. The number of ether oxygens (including phenoxy) is 2. The fourth-order valence-electron chi connectivity index (χ4n) is 4.91.